The number of carbonyl (C=O) groups is 1. The third kappa shape index (κ3) is 2.31. The van der Waals surface area contributed by atoms with Crippen molar-refractivity contribution in [1.82, 2.24) is 15.3 Å². The molecule has 1 aliphatic carbocycles. The third-order valence-corrected chi connectivity index (χ3v) is 3.24. The smallest absolute Gasteiger partial charge is 0.240 e. The van der Waals surface area contributed by atoms with E-state index >= 15 is 0 Å². The first-order valence-electron chi connectivity index (χ1n) is 5.84. The van der Waals surface area contributed by atoms with Crippen molar-refractivity contribution in [2.45, 2.75) is 26.2 Å². The molecule has 17 heavy (non-hydrogen) atoms. The minimum Gasteiger partial charge on any atom is -0.354 e. The van der Waals surface area contributed by atoms with Crippen LogP contribution in [0.4, 0.5) is 0 Å². The summed E-state index contributed by atoms with van der Waals surface area (Å²) in [6.45, 7) is 2.58. The number of H-pyrrole nitrogens is 1. The second-order valence-corrected chi connectivity index (χ2v) is 4.75. The van der Waals surface area contributed by atoms with Gasteiger partial charge in [0, 0.05) is 25.4 Å². The Hall–Kier alpha value is -1.83. The summed E-state index contributed by atoms with van der Waals surface area (Å²) in [7, 11) is 0. The average molecular weight is 232 g/mol. The number of hydrogen-bond donors (Lipinski definition) is 2. The van der Waals surface area contributed by atoms with Gasteiger partial charge < -0.3 is 10.3 Å². The van der Waals surface area contributed by atoms with Gasteiger partial charge in [-0.15, -0.1) is 0 Å². The van der Waals surface area contributed by atoms with Gasteiger partial charge >= 0.3 is 0 Å². The van der Waals surface area contributed by atoms with Crippen LogP contribution < -0.4 is 5.32 Å². The van der Waals surface area contributed by atoms with Gasteiger partial charge in [0.15, 0.2) is 0 Å². The molecule has 2 N–H and O–H groups in total. The molecule has 0 bridgehead atoms. The maximum absolute atomic E-state index is 11.9. The molecule has 1 fully saturated rings. The van der Waals surface area contributed by atoms with Crippen molar-refractivity contribution >= 4 is 5.91 Å². The normalized spacial score (nSPS) is 26.9. The standard InChI is InChI=1S/C12H16N4O/c1-9-6-12(7-9,8-13)11(17)16-3-2-10-14-4-5-15-10/h4-5,9H,2-3,6-7H2,1H3,(H,14,15)(H,16,17). The van der Waals surface area contributed by atoms with Crippen LogP contribution in [0.25, 0.3) is 0 Å². The van der Waals surface area contributed by atoms with E-state index in [0.29, 0.717) is 31.7 Å². The maximum Gasteiger partial charge on any atom is 0.240 e. The van der Waals surface area contributed by atoms with Crippen LogP contribution in [0.2, 0.25) is 0 Å². The zero-order valence-electron chi connectivity index (χ0n) is 9.86. The number of rotatable bonds is 4. The van der Waals surface area contributed by atoms with E-state index in [0.717, 1.165) is 5.82 Å². The van der Waals surface area contributed by atoms with Crippen LogP contribution in [0.1, 0.15) is 25.6 Å². The molecule has 90 valence electrons. The molecule has 1 aromatic rings. The monoisotopic (exact) mass is 232 g/mol. The summed E-state index contributed by atoms with van der Waals surface area (Å²) in [5.74, 6) is 1.19. The number of carbonyl (C=O) groups excluding carboxylic acids is 1. The topological polar surface area (TPSA) is 81.6 Å². The average Bonchev–Trinajstić information content (AvgIpc) is 2.77. The number of nitrogens with one attached hydrogen (secondary N) is 2. The number of imidazole rings is 1. The fraction of sp³-hybridized carbons (Fsp3) is 0.583. The van der Waals surface area contributed by atoms with Gasteiger partial charge in [-0.1, -0.05) is 6.92 Å². The van der Waals surface area contributed by atoms with Gasteiger partial charge in [-0.05, 0) is 18.8 Å². The Kier molecular flexibility index (Phi) is 3.14. The lowest BCUT2D eigenvalue weighted by molar-refractivity contribution is -0.133. The highest BCUT2D eigenvalue weighted by molar-refractivity contribution is 5.86. The Balaban J connectivity index is 1.80. The quantitative estimate of drug-likeness (QED) is 0.812. The second-order valence-electron chi connectivity index (χ2n) is 4.75. The minimum atomic E-state index is -0.775. The number of nitrogens with zero attached hydrogens (tertiary/aromatic N) is 2. The van der Waals surface area contributed by atoms with Crippen LogP contribution in [0.5, 0.6) is 0 Å². The van der Waals surface area contributed by atoms with Crippen LogP contribution in [0, 0.1) is 22.7 Å². The van der Waals surface area contributed by atoms with Gasteiger partial charge in [-0.25, -0.2) is 4.98 Å². The minimum absolute atomic E-state index is 0.135. The van der Waals surface area contributed by atoms with Gasteiger partial charge in [-0.2, -0.15) is 5.26 Å². The Bertz CT molecular complexity index is 426. The highest BCUT2D eigenvalue weighted by atomic mass is 16.2. The van der Waals surface area contributed by atoms with Crippen molar-refractivity contribution < 1.29 is 4.79 Å². The lowest BCUT2D eigenvalue weighted by Gasteiger charge is -2.39. The largest absolute Gasteiger partial charge is 0.354 e. The van der Waals surface area contributed by atoms with Gasteiger partial charge in [0.05, 0.1) is 6.07 Å². The van der Waals surface area contributed by atoms with E-state index in [-0.39, 0.29) is 5.91 Å². The Morgan fingerprint density at radius 1 is 1.76 bits per heavy atom. The van der Waals surface area contributed by atoms with Gasteiger partial charge in [0.2, 0.25) is 5.91 Å². The molecule has 2 rings (SSSR count). The second kappa shape index (κ2) is 4.58. The number of amides is 1. The fourth-order valence-corrected chi connectivity index (χ4v) is 2.36. The molecule has 0 aliphatic heterocycles. The maximum atomic E-state index is 11.9. The molecule has 0 spiro atoms. The molecule has 0 saturated heterocycles. The predicted molar refractivity (Wildman–Crippen MR) is 61.7 cm³/mol. The molecule has 1 saturated carbocycles. The summed E-state index contributed by atoms with van der Waals surface area (Å²) < 4.78 is 0. The highest BCUT2D eigenvalue weighted by Gasteiger charge is 2.48. The van der Waals surface area contributed by atoms with E-state index in [2.05, 4.69) is 28.3 Å². The van der Waals surface area contributed by atoms with Crippen molar-refractivity contribution in [3.8, 4) is 6.07 Å². The fourth-order valence-electron chi connectivity index (χ4n) is 2.36. The van der Waals surface area contributed by atoms with Gasteiger partial charge in [0.1, 0.15) is 11.2 Å². The molecule has 1 aromatic heterocycles. The SMILES string of the molecule is CC1CC(C#N)(C(=O)NCCc2ncc[nH]2)C1. The molecule has 0 atom stereocenters. The van der Waals surface area contributed by atoms with Gasteiger partial charge in [-0.3, -0.25) is 4.79 Å². The molecule has 1 amide bonds. The lowest BCUT2D eigenvalue weighted by Crippen LogP contribution is -2.48. The molecule has 5 heteroatoms. The van der Waals surface area contributed by atoms with Crippen molar-refractivity contribution in [2.24, 2.45) is 11.3 Å². The molecule has 0 aromatic carbocycles. The summed E-state index contributed by atoms with van der Waals surface area (Å²) in [5, 5.41) is 11.9. The first kappa shape index (κ1) is 11.6. The molecule has 1 aliphatic rings. The van der Waals surface area contributed by atoms with Crippen molar-refractivity contribution in [3.63, 3.8) is 0 Å². The number of hydrogen-bond acceptors (Lipinski definition) is 3. The van der Waals surface area contributed by atoms with Crippen molar-refractivity contribution in [2.75, 3.05) is 6.54 Å². The summed E-state index contributed by atoms with van der Waals surface area (Å²) in [4.78, 5) is 18.9. The molecule has 1 heterocycles. The Labute approximate surface area is 100 Å². The highest BCUT2D eigenvalue weighted by Crippen LogP contribution is 2.44. The number of aromatic nitrogens is 2. The first-order valence-corrected chi connectivity index (χ1v) is 5.84. The number of aromatic amines is 1. The van der Waals surface area contributed by atoms with E-state index < -0.39 is 5.41 Å². The van der Waals surface area contributed by atoms with E-state index in [9.17, 15) is 4.79 Å². The summed E-state index contributed by atoms with van der Waals surface area (Å²) in [5.41, 5.74) is -0.775. The van der Waals surface area contributed by atoms with Crippen LogP contribution >= 0.6 is 0 Å². The zero-order chi connectivity index (χ0) is 12.3. The van der Waals surface area contributed by atoms with Crippen LogP contribution in [-0.4, -0.2) is 22.4 Å². The zero-order valence-corrected chi connectivity index (χ0v) is 9.86. The van der Waals surface area contributed by atoms with E-state index in [1.54, 1.807) is 12.4 Å². The first-order chi connectivity index (χ1) is 8.16. The summed E-state index contributed by atoms with van der Waals surface area (Å²) >= 11 is 0. The van der Waals surface area contributed by atoms with E-state index in [1.807, 2.05) is 0 Å². The van der Waals surface area contributed by atoms with Crippen LogP contribution in [0.3, 0.4) is 0 Å². The third-order valence-electron chi connectivity index (χ3n) is 3.24. The summed E-state index contributed by atoms with van der Waals surface area (Å²) in [6.07, 6.45) is 5.45. The Morgan fingerprint density at radius 2 is 2.53 bits per heavy atom. The molecular weight excluding hydrogens is 216 g/mol. The van der Waals surface area contributed by atoms with E-state index in [1.165, 1.54) is 0 Å². The predicted octanol–water partition coefficient (Wildman–Crippen LogP) is 1.01. The van der Waals surface area contributed by atoms with Crippen molar-refractivity contribution in [3.05, 3.63) is 18.2 Å². The molecule has 0 radical (unpaired) electrons. The van der Waals surface area contributed by atoms with Gasteiger partial charge in [0.25, 0.3) is 0 Å². The molecule has 5 nitrogen and oxygen atoms in total. The lowest BCUT2D eigenvalue weighted by atomic mass is 9.63. The Morgan fingerprint density at radius 3 is 3.06 bits per heavy atom. The van der Waals surface area contributed by atoms with Crippen LogP contribution in [-0.2, 0) is 11.2 Å². The summed E-state index contributed by atoms with van der Waals surface area (Å²) in [6, 6.07) is 2.15. The van der Waals surface area contributed by atoms with E-state index in [4.69, 9.17) is 5.26 Å². The molecular formula is C12H16N4O. The van der Waals surface area contributed by atoms with Crippen molar-refractivity contribution in [1.29, 1.82) is 5.26 Å². The number of nitriles is 1. The van der Waals surface area contributed by atoms with Crippen LogP contribution in [0.15, 0.2) is 12.4 Å². The molecule has 0 unspecified atom stereocenters.